The normalized spacial score (nSPS) is 12.3. The summed E-state index contributed by atoms with van der Waals surface area (Å²) < 4.78 is 0. The zero-order valence-electron chi connectivity index (χ0n) is 15.8. The number of nitrogens with zero attached hydrogens (tertiary/aromatic N) is 1. The predicted molar refractivity (Wildman–Crippen MR) is 103 cm³/mol. The fourth-order valence-electron chi connectivity index (χ4n) is 2.67. The van der Waals surface area contributed by atoms with Crippen LogP contribution in [0.2, 0.25) is 0 Å². The first-order chi connectivity index (χ1) is 10.6. The average Bonchev–Trinajstić information content (AvgIpc) is 2.53. The highest BCUT2D eigenvalue weighted by atomic mass is 15.1. The van der Waals surface area contributed by atoms with E-state index in [9.17, 15) is 0 Å². The van der Waals surface area contributed by atoms with E-state index >= 15 is 0 Å². The van der Waals surface area contributed by atoms with E-state index in [-0.39, 0.29) is 10.8 Å². The molecule has 0 aliphatic heterocycles. The van der Waals surface area contributed by atoms with Gasteiger partial charge in [0.05, 0.1) is 0 Å². The van der Waals surface area contributed by atoms with Crippen LogP contribution >= 0.6 is 0 Å². The van der Waals surface area contributed by atoms with Gasteiger partial charge in [0.15, 0.2) is 0 Å². The molecule has 23 heavy (non-hydrogen) atoms. The third-order valence-corrected chi connectivity index (χ3v) is 5.04. The summed E-state index contributed by atoms with van der Waals surface area (Å²) in [5.41, 5.74) is 5.66. The van der Waals surface area contributed by atoms with Gasteiger partial charge in [-0.1, -0.05) is 65.8 Å². The number of hydrogen-bond acceptors (Lipinski definition) is 1. The van der Waals surface area contributed by atoms with Crippen molar-refractivity contribution in [3.63, 3.8) is 0 Å². The Kier molecular flexibility index (Phi) is 4.89. The standard InChI is InChI=1S/C22H31N/c1-8-22(5,6)18-11-15-20(16-12-18)23(7)19-13-9-17(10-14-19)21(2,3)4/h9-16H,8H2,1-7H3. The number of rotatable bonds is 4. The second-order valence-corrected chi connectivity index (χ2v) is 8.14. The van der Waals surface area contributed by atoms with Crippen LogP contribution in [-0.4, -0.2) is 7.05 Å². The van der Waals surface area contributed by atoms with Gasteiger partial charge in [0.2, 0.25) is 0 Å². The lowest BCUT2D eigenvalue weighted by molar-refractivity contribution is 0.506. The summed E-state index contributed by atoms with van der Waals surface area (Å²) in [6, 6.07) is 17.9. The maximum absolute atomic E-state index is 2.30. The van der Waals surface area contributed by atoms with E-state index in [1.54, 1.807) is 0 Å². The lowest BCUT2D eigenvalue weighted by Crippen LogP contribution is -2.16. The summed E-state index contributed by atoms with van der Waals surface area (Å²) in [5, 5.41) is 0. The quantitative estimate of drug-likeness (QED) is 0.628. The van der Waals surface area contributed by atoms with Crippen molar-refractivity contribution in [2.45, 2.75) is 58.8 Å². The monoisotopic (exact) mass is 309 g/mol. The Morgan fingerprint density at radius 3 is 1.43 bits per heavy atom. The Bertz CT molecular complexity index is 627. The van der Waals surface area contributed by atoms with E-state index in [4.69, 9.17) is 0 Å². The van der Waals surface area contributed by atoms with E-state index in [2.05, 4.69) is 102 Å². The molecule has 0 amide bonds. The summed E-state index contributed by atoms with van der Waals surface area (Å²) >= 11 is 0. The number of benzene rings is 2. The molecule has 0 heterocycles. The van der Waals surface area contributed by atoms with Crippen LogP contribution < -0.4 is 4.90 Å². The molecule has 0 aromatic heterocycles. The summed E-state index contributed by atoms with van der Waals surface area (Å²) in [4.78, 5) is 2.25. The van der Waals surface area contributed by atoms with Crippen molar-refractivity contribution in [1.82, 2.24) is 0 Å². The molecule has 0 N–H and O–H groups in total. The molecule has 1 nitrogen and oxygen atoms in total. The van der Waals surface area contributed by atoms with Crippen LogP contribution in [0.4, 0.5) is 11.4 Å². The molecule has 124 valence electrons. The van der Waals surface area contributed by atoms with Gasteiger partial charge in [-0.15, -0.1) is 0 Å². The topological polar surface area (TPSA) is 3.24 Å². The van der Waals surface area contributed by atoms with Crippen molar-refractivity contribution < 1.29 is 0 Å². The van der Waals surface area contributed by atoms with E-state index in [0.717, 1.165) is 6.42 Å². The Hall–Kier alpha value is -1.76. The minimum atomic E-state index is 0.199. The first-order valence-corrected chi connectivity index (χ1v) is 8.60. The molecule has 0 saturated carbocycles. The van der Waals surface area contributed by atoms with E-state index in [1.165, 1.54) is 22.5 Å². The van der Waals surface area contributed by atoms with Gasteiger partial charge in [0, 0.05) is 18.4 Å². The van der Waals surface area contributed by atoms with Gasteiger partial charge in [0.1, 0.15) is 0 Å². The second-order valence-electron chi connectivity index (χ2n) is 8.14. The molecule has 2 rings (SSSR count). The van der Waals surface area contributed by atoms with Crippen LogP contribution in [0.1, 0.15) is 59.1 Å². The van der Waals surface area contributed by atoms with E-state index < -0.39 is 0 Å². The molecule has 0 unspecified atom stereocenters. The molecule has 0 saturated heterocycles. The molecular weight excluding hydrogens is 278 g/mol. The fraction of sp³-hybridized carbons (Fsp3) is 0.455. The van der Waals surface area contributed by atoms with Crippen LogP contribution in [0.5, 0.6) is 0 Å². The zero-order valence-corrected chi connectivity index (χ0v) is 15.8. The summed E-state index contributed by atoms with van der Waals surface area (Å²) in [6.45, 7) is 13.6. The van der Waals surface area contributed by atoms with Gasteiger partial charge >= 0.3 is 0 Å². The maximum Gasteiger partial charge on any atom is 0.0408 e. The van der Waals surface area contributed by atoms with Gasteiger partial charge in [-0.3, -0.25) is 0 Å². The molecular formula is C22H31N. The van der Waals surface area contributed by atoms with Crippen molar-refractivity contribution in [3.05, 3.63) is 59.7 Å². The first-order valence-electron chi connectivity index (χ1n) is 8.60. The molecule has 0 atom stereocenters. The van der Waals surface area contributed by atoms with Crippen LogP contribution in [0.25, 0.3) is 0 Å². The lowest BCUT2D eigenvalue weighted by atomic mass is 9.82. The molecule has 0 bridgehead atoms. The summed E-state index contributed by atoms with van der Waals surface area (Å²) in [7, 11) is 2.13. The van der Waals surface area contributed by atoms with Crippen LogP contribution in [0, 0.1) is 0 Å². The van der Waals surface area contributed by atoms with Crippen molar-refractivity contribution in [3.8, 4) is 0 Å². The van der Waals surface area contributed by atoms with Crippen molar-refractivity contribution in [2.75, 3.05) is 11.9 Å². The van der Waals surface area contributed by atoms with E-state index in [1.807, 2.05) is 0 Å². The third kappa shape index (κ3) is 3.96. The van der Waals surface area contributed by atoms with Crippen LogP contribution in [0.3, 0.4) is 0 Å². The van der Waals surface area contributed by atoms with Crippen molar-refractivity contribution >= 4 is 11.4 Å². The fourth-order valence-corrected chi connectivity index (χ4v) is 2.67. The summed E-state index contributed by atoms with van der Waals surface area (Å²) in [5.74, 6) is 0. The minimum Gasteiger partial charge on any atom is -0.345 e. The van der Waals surface area contributed by atoms with Gasteiger partial charge < -0.3 is 4.90 Å². The molecule has 0 spiro atoms. The van der Waals surface area contributed by atoms with E-state index in [0.29, 0.717) is 0 Å². The number of hydrogen-bond donors (Lipinski definition) is 0. The number of anilines is 2. The summed E-state index contributed by atoms with van der Waals surface area (Å²) in [6.07, 6.45) is 1.15. The highest BCUT2D eigenvalue weighted by molar-refractivity contribution is 5.63. The molecule has 0 radical (unpaired) electrons. The average molecular weight is 309 g/mol. The Balaban J connectivity index is 2.22. The van der Waals surface area contributed by atoms with Gasteiger partial charge in [-0.25, -0.2) is 0 Å². The minimum absolute atomic E-state index is 0.199. The van der Waals surface area contributed by atoms with Crippen LogP contribution in [-0.2, 0) is 10.8 Å². The molecule has 1 heteroatoms. The highest BCUT2D eigenvalue weighted by Gasteiger charge is 2.18. The van der Waals surface area contributed by atoms with Crippen LogP contribution in [0.15, 0.2) is 48.5 Å². The van der Waals surface area contributed by atoms with Gasteiger partial charge in [-0.05, 0) is 52.6 Å². The largest absolute Gasteiger partial charge is 0.345 e. The molecule has 2 aromatic rings. The molecule has 0 aliphatic rings. The first kappa shape index (κ1) is 17.6. The van der Waals surface area contributed by atoms with Crippen molar-refractivity contribution in [1.29, 1.82) is 0 Å². The molecule has 0 fully saturated rings. The van der Waals surface area contributed by atoms with Crippen molar-refractivity contribution in [2.24, 2.45) is 0 Å². The second kappa shape index (κ2) is 6.39. The van der Waals surface area contributed by atoms with Gasteiger partial charge in [-0.2, -0.15) is 0 Å². The lowest BCUT2D eigenvalue weighted by Gasteiger charge is -2.26. The SMILES string of the molecule is CCC(C)(C)c1ccc(N(C)c2ccc(C(C)(C)C)cc2)cc1. The Labute approximate surface area is 142 Å². The molecule has 0 aliphatic carbocycles. The highest BCUT2D eigenvalue weighted by Crippen LogP contribution is 2.31. The predicted octanol–water partition coefficient (Wildman–Crippen LogP) is 6.44. The zero-order chi connectivity index (χ0) is 17.3. The maximum atomic E-state index is 2.30. The van der Waals surface area contributed by atoms with Gasteiger partial charge in [0.25, 0.3) is 0 Å². The molecule has 2 aromatic carbocycles. The third-order valence-electron chi connectivity index (χ3n) is 5.04. The Morgan fingerprint density at radius 2 is 1.09 bits per heavy atom. The Morgan fingerprint density at radius 1 is 0.696 bits per heavy atom. The smallest absolute Gasteiger partial charge is 0.0408 e.